The van der Waals surface area contributed by atoms with Crippen LogP contribution in [0.4, 0.5) is 0 Å². The molecule has 1 amide bonds. The normalized spacial score (nSPS) is 13.1. The molecule has 0 unspecified atom stereocenters. The van der Waals surface area contributed by atoms with Crippen molar-refractivity contribution in [3.63, 3.8) is 0 Å². The number of ether oxygens (including phenoxy) is 1. The van der Waals surface area contributed by atoms with Gasteiger partial charge in [0.05, 0.1) is 6.33 Å². The maximum absolute atomic E-state index is 11.8. The first kappa shape index (κ1) is 14.2. The van der Waals surface area contributed by atoms with Gasteiger partial charge in [0, 0.05) is 25.4 Å². The van der Waals surface area contributed by atoms with Gasteiger partial charge in [0.2, 0.25) is 0 Å². The van der Waals surface area contributed by atoms with Crippen LogP contribution in [0.1, 0.15) is 19.5 Å². The topological polar surface area (TPSA) is 104 Å². The Labute approximate surface area is 105 Å². The minimum Gasteiger partial charge on any atom is -0.480 e. The Morgan fingerprint density at radius 3 is 2.72 bits per heavy atom. The first-order chi connectivity index (χ1) is 8.36. The molecular formula is C11H17N3O4. The quantitative estimate of drug-likeness (QED) is 0.661. The third-order valence-electron chi connectivity index (χ3n) is 2.64. The molecule has 0 radical (unpaired) electrons. The number of carboxylic acid groups (broad SMARTS) is 1. The van der Waals surface area contributed by atoms with E-state index in [-0.39, 0.29) is 6.42 Å². The van der Waals surface area contributed by atoms with Gasteiger partial charge in [0.1, 0.15) is 11.6 Å². The number of nitrogens with zero attached hydrogens (tertiary/aromatic N) is 1. The van der Waals surface area contributed by atoms with E-state index in [2.05, 4.69) is 15.3 Å². The fourth-order valence-electron chi connectivity index (χ4n) is 1.24. The van der Waals surface area contributed by atoms with Crippen LogP contribution in [0.5, 0.6) is 0 Å². The summed E-state index contributed by atoms with van der Waals surface area (Å²) < 4.78 is 4.99. The molecule has 0 aliphatic rings. The fourth-order valence-corrected chi connectivity index (χ4v) is 1.24. The molecule has 1 heterocycles. The monoisotopic (exact) mass is 255 g/mol. The number of aromatic nitrogens is 2. The summed E-state index contributed by atoms with van der Waals surface area (Å²) in [5.74, 6) is -1.58. The zero-order chi connectivity index (χ0) is 13.8. The minimum atomic E-state index is -1.11. The number of H-pyrrole nitrogens is 1. The molecule has 1 rings (SSSR count). The highest BCUT2D eigenvalue weighted by Gasteiger charge is 2.31. The number of aromatic amines is 1. The summed E-state index contributed by atoms with van der Waals surface area (Å²) in [6.45, 7) is 3.13. The second kappa shape index (κ2) is 5.63. The van der Waals surface area contributed by atoms with Crippen LogP contribution < -0.4 is 5.32 Å². The third-order valence-corrected chi connectivity index (χ3v) is 2.64. The predicted molar refractivity (Wildman–Crippen MR) is 62.9 cm³/mol. The smallest absolute Gasteiger partial charge is 0.326 e. The van der Waals surface area contributed by atoms with Crippen molar-refractivity contribution in [3.05, 3.63) is 18.2 Å². The maximum Gasteiger partial charge on any atom is 0.326 e. The molecule has 1 aromatic rings. The molecule has 0 aliphatic carbocycles. The molecule has 0 spiro atoms. The van der Waals surface area contributed by atoms with Gasteiger partial charge in [-0.05, 0) is 13.8 Å². The highest BCUT2D eigenvalue weighted by molar-refractivity contribution is 5.88. The molecule has 7 nitrogen and oxygen atoms in total. The molecular weight excluding hydrogens is 238 g/mol. The Hall–Kier alpha value is -1.89. The number of carbonyl (C=O) groups is 2. The van der Waals surface area contributed by atoms with Crippen molar-refractivity contribution >= 4 is 11.9 Å². The van der Waals surface area contributed by atoms with Crippen molar-refractivity contribution in [1.82, 2.24) is 15.3 Å². The van der Waals surface area contributed by atoms with Crippen molar-refractivity contribution in [3.8, 4) is 0 Å². The van der Waals surface area contributed by atoms with E-state index in [1.165, 1.54) is 19.6 Å². The molecule has 0 bridgehead atoms. The number of rotatable bonds is 6. The van der Waals surface area contributed by atoms with Crippen molar-refractivity contribution in [2.24, 2.45) is 0 Å². The number of imidazole rings is 1. The Bertz CT molecular complexity index is 414. The van der Waals surface area contributed by atoms with Crippen LogP contribution in [0.15, 0.2) is 12.5 Å². The van der Waals surface area contributed by atoms with Crippen LogP contribution in [-0.2, 0) is 20.7 Å². The minimum absolute atomic E-state index is 0.140. The van der Waals surface area contributed by atoms with Gasteiger partial charge in [0.25, 0.3) is 5.91 Å². The van der Waals surface area contributed by atoms with E-state index in [9.17, 15) is 9.59 Å². The van der Waals surface area contributed by atoms with Gasteiger partial charge in [0.15, 0.2) is 0 Å². The lowest BCUT2D eigenvalue weighted by atomic mass is 10.1. The van der Waals surface area contributed by atoms with E-state index >= 15 is 0 Å². The van der Waals surface area contributed by atoms with Gasteiger partial charge in [-0.15, -0.1) is 0 Å². The first-order valence-corrected chi connectivity index (χ1v) is 5.43. The van der Waals surface area contributed by atoms with E-state index in [0.717, 1.165) is 0 Å². The number of amides is 1. The Morgan fingerprint density at radius 1 is 1.61 bits per heavy atom. The summed E-state index contributed by atoms with van der Waals surface area (Å²) >= 11 is 0. The molecule has 100 valence electrons. The number of carboxylic acids is 1. The van der Waals surface area contributed by atoms with Gasteiger partial charge in [-0.1, -0.05) is 0 Å². The summed E-state index contributed by atoms with van der Waals surface area (Å²) in [6.07, 6.45) is 3.11. The lowest BCUT2D eigenvalue weighted by molar-refractivity contribution is -0.147. The van der Waals surface area contributed by atoms with Gasteiger partial charge in [-0.3, -0.25) is 4.79 Å². The second-order valence-corrected chi connectivity index (χ2v) is 4.36. The molecule has 0 saturated carbocycles. The largest absolute Gasteiger partial charge is 0.480 e. The second-order valence-electron chi connectivity index (χ2n) is 4.36. The summed E-state index contributed by atoms with van der Waals surface area (Å²) in [6, 6.07) is -1.02. The SMILES string of the molecule is COC(C)(C)C(=O)N[C@@H](Cc1cnc[nH]1)C(=O)O. The number of aliphatic carboxylic acids is 1. The van der Waals surface area contributed by atoms with Crippen molar-refractivity contribution in [2.45, 2.75) is 31.9 Å². The maximum atomic E-state index is 11.8. The first-order valence-electron chi connectivity index (χ1n) is 5.43. The average Bonchev–Trinajstić information content (AvgIpc) is 2.80. The van der Waals surface area contributed by atoms with Crippen molar-refractivity contribution in [2.75, 3.05) is 7.11 Å². The lowest BCUT2D eigenvalue weighted by Crippen LogP contribution is -2.51. The molecule has 18 heavy (non-hydrogen) atoms. The molecule has 7 heteroatoms. The Morgan fingerprint density at radius 2 is 2.28 bits per heavy atom. The van der Waals surface area contributed by atoms with Crippen LogP contribution in [-0.4, -0.2) is 45.7 Å². The molecule has 3 N–H and O–H groups in total. The zero-order valence-corrected chi connectivity index (χ0v) is 10.6. The number of carbonyl (C=O) groups excluding carboxylic acids is 1. The van der Waals surface area contributed by atoms with Gasteiger partial charge in [-0.2, -0.15) is 0 Å². The highest BCUT2D eigenvalue weighted by Crippen LogP contribution is 2.08. The number of nitrogens with one attached hydrogen (secondary N) is 2. The molecule has 1 aromatic heterocycles. The third kappa shape index (κ3) is 3.56. The van der Waals surface area contributed by atoms with Crippen molar-refractivity contribution in [1.29, 1.82) is 0 Å². The van der Waals surface area contributed by atoms with Crippen LogP contribution in [0.3, 0.4) is 0 Å². The van der Waals surface area contributed by atoms with E-state index in [1.54, 1.807) is 13.8 Å². The van der Waals surface area contributed by atoms with E-state index in [1.807, 2.05) is 0 Å². The van der Waals surface area contributed by atoms with Crippen LogP contribution in [0, 0.1) is 0 Å². The zero-order valence-electron chi connectivity index (χ0n) is 10.6. The van der Waals surface area contributed by atoms with Gasteiger partial charge in [-0.25, -0.2) is 9.78 Å². The van der Waals surface area contributed by atoms with Crippen LogP contribution >= 0.6 is 0 Å². The van der Waals surface area contributed by atoms with Crippen LogP contribution in [0.25, 0.3) is 0 Å². The van der Waals surface area contributed by atoms with Gasteiger partial charge >= 0.3 is 5.97 Å². The van der Waals surface area contributed by atoms with Crippen LogP contribution in [0.2, 0.25) is 0 Å². The predicted octanol–water partition coefficient (Wildman–Crippen LogP) is -0.0534. The number of methoxy groups -OCH3 is 1. The summed E-state index contributed by atoms with van der Waals surface area (Å²) in [5.41, 5.74) is -0.431. The Balaban J connectivity index is 2.70. The number of hydrogen-bond donors (Lipinski definition) is 3. The molecule has 0 fully saturated rings. The summed E-state index contributed by atoms with van der Waals surface area (Å²) in [5, 5.41) is 11.5. The summed E-state index contributed by atoms with van der Waals surface area (Å²) in [4.78, 5) is 29.5. The molecule has 0 saturated heterocycles. The molecule has 1 atom stereocenters. The highest BCUT2D eigenvalue weighted by atomic mass is 16.5. The Kier molecular flexibility index (Phi) is 4.43. The van der Waals surface area contributed by atoms with Crippen molar-refractivity contribution < 1.29 is 19.4 Å². The van der Waals surface area contributed by atoms with E-state index in [0.29, 0.717) is 5.69 Å². The lowest BCUT2D eigenvalue weighted by Gasteiger charge is -2.24. The summed E-state index contributed by atoms with van der Waals surface area (Å²) in [7, 11) is 1.39. The molecule has 0 aliphatic heterocycles. The fraction of sp³-hybridized carbons (Fsp3) is 0.545. The van der Waals surface area contributed by atoms with E-state index in [4.69, 9.17) is 9.84 Å². The standard InChI is InChI=1S/C11H17N3O4/c1-11(2,18-3)10(17)14-8(9(15)16)4-7-5-12-6-13-7/h5-6,8H,4H2,1-3H3,(H,12,13)(H,14,17)(H,15,16)/t8-/m0/s1. The number of hydrogen-bond acceptors (Lipinski definition) is 4. The van der Waals surface area contributed by atoms with Gasteiger partial charge < -0.3 is 20.1 Å². The molecule has 0 aromatic carbocycles. The average molecular weight is 255 g/mol. The van der Waals surface area contributed by atoms with E-state index < -0.39 is 23.5 Å².